The van der Waals surface area contributed by atoms with Gasteiger partial charge in [0, 0.05) is 10.8 Å². The second-order valence-corrected chi connectivity index (χ2v) is 5.60. The van der Waals surface area contributed by atoms with Crippen LogP contribution in [0.3, 0.4) is 0 Å². The van der Waals surface area contributed by atoms with Crippen molar-refractivity contribution in [3.05, 3.63) is 41.8 Å². The van der Waals surface area contributed by atoms with E-state index in [9.17, 15) is 8.60 Å². The standard InChI is InChI=1S/C12H13FN2O2S/c1-8(2)12-14-11(15-17-12)7-18(16)10-5-3-9(13)4-6-10/h3-6,8H,7H2,1-2H3. The lowest BCUT2D eigenvalue weighted by Crippen LogP contribution is -1.99. The normalized spacial score (nSPS) is 12.9. The van der Waals surface area contributed by atoms with Crippen molar-refractivity contribution < 1.29 is 13.1 Å². The van der Waals surface area contributed by atoms with Crippen LogP contribution in [0, 0.1) is 5.82 Å². The molecule has 0 bridgehead atoms. The maximum atomic E-state index is 12.7. The Kier molecular flexibility index (Phi) is 3.86. The third kappa shape index (κ3) is 3.01. The first-order valence-corrected chi connectivity index (χ1v) is 6.84. The van der Waals surface area contributed by atoms with E-state index in [0.717, 1.165) is 0 Å². The summed E-state index contributed by atoms with van der Waals surface area (Å²) in [6.45, 7) is 3.88. The summed E-state index contributed by atoms with van der Waals surface area (Å²) in [6, 6.07) is 5.55. The van der Waals surface area contributed by atoms with E-state index in [1.165, 1.54) is 24.3 Å². The van der Waals surface area contributed by atoms with E-state index in [-0.39, 0.29) is 17.5 Å². The Hall–Kier alpha value is -1.56. The fraction of sp³-hybridized carbons (Fsp3) is 0.333. The first kappa shape index (κ1) is 12.9. The van der Waals surface area contributed by atoms with E-state index >= 15 is 0 Å². The Bertz CT molecular complexity index is 551. The third-order valence-electron chi connectivity index (χ3n) is 2.31. The minimum Gasteiger partial charge on any atom is -0.339 e. The predicted octanol–water partition coefficient (Wildman–Crippen LogP) is 2.64. The van der Waals surface area contributed by atoms with Gasteiger partial charge in [0.2, 0.25) is 5.89 Å². The van der Waals surface area contributed by atoms with E-state index in [2.05, 4.69) is 10.1 Å². The van der Waals surface area contributed by atoms with E-state index in [0.29, 0.717) is 16.6 Å². The molecular weight excluding hydrogens is 255 g/mol. The fourth-order valence-electron chi connectivity index (χ4n) is 1.35. The van der Waals surface area contributed by atoms with Crippen LogP contribution in [0.25, 0.3) is 0 Å². The monoisotopic (exact) mass is 268 g/mol. The van der Waals surface area contributed by atoms with Crippen molar-refractivity contribution in [1.29, 1.82) is 0 Å². The van der Waals surface area contributed by atoms with Crippen LogP contribution in [0.2, 0.25) is 0 Å². The molecule has 1 aromatic carbocycles. The molecule has 0 fully saturated rings. The van der Waals surface area contributed by atoms with Gasteiger partial charge in [0.1, 0.15) is 5.82 Å². The predicted molar refractivity (Wildman–Crippen MR) is 64.9 cm³/mol. The summed E-state index contributed by atoms with van der Waals surface area (Å²) in [4.78, 5) is 4.70. The van der Waals surface area contributed by atoms with Crippen LogP contribution in [0.15, 0.2) is 33.7 Å². The minimum atomic E-state index is -1.29. The Labute approximate surface area is 107 Å². The summed E-state index contributed by atoms with van der Waals surface area (Å²) < 4.78 is 29.7. The number of hydrogen-bond donors (Lipinski definition) is 0. The highest BCUT2D eigenvalue weighted by Crippen LogP contribution is 2.14. The van der Waals surface area contributed by atoms with Gasteiger partial charge < -0.3 is 4.52 Å². The molecule has 18 heavy (non-hydrogen) atoms. The zero-order chi connectivity index (χ0) is 13.1. The van der Waals surface area contributed by atoms with Gasteiger partial charge in [-0.2, -0.15) is 4.98 Å². The largest absolute Gasteiger partial charge is 0.339 e. The van der Waals surface area contributed by atoms with Crippen molar-refractivity contribution in [3.8, 4) is 0 Å². The third-order valence-corrected chi connectivity index (χ3v) is 3.63. The topological polar surface area (TPSA) is 56.0 Å². The molecule has 0 aliphatic heterocycles. The van der Waals surface area contributed by atoms with Crippen molar-refractivity contribution in [3.63, 3.8) is 0 Å². The smallest absolute Gasteiger partial charge is 0.229 e. The zero-order valence-electron chi connectivity index (χ0n) is 10.1. The summed E-state index contributed by atoms with van der Waals surface area (Å²) in [5.74, 6) is 0.896. The Morgan fingerprint density at radius 3 is 2.56 bits per heavy atom. The molecule has 0 aliphatic carbocycles. The summed E-state index contributed by atoms with van der Waals surface area (Å²) in [5, 5.41) is 3.77. The minimum absolute atomic E-state index is 0.144. The molecule has 1 aromatic heterocycles. The molecule has 0 N–H and O–H groups in total. The quantitative estimate of drug-likeness (QED) is 0.855. The van der Waals surface area contributed by atoms with E-state index in [4.69, 9.17) is 4.52 Å². The van der Waals surface area contributed by atoms with Crippen LogP contribution < -0.4 is 0 Å². The maximum absolute atomic E-state index is 12.7. The van der Waals surface area contributed by atoms with Crippen LogP contribution in [0.5, 0.6) is 0 Å². The number of rotatable bonds is 4. The first-order chi connectivity index (χ1) is 8.56. The van der Waals surface area contributed by atoms with Crippen molar-refractivity contribution in [2.45, 2.75) is 30.4 Å². The number of aromatic nitrogens is 2. The first-order valence-electron chi connectivity index (χ1n) is 5.52. The average Bonchev–Trinajstić information content (AvgIpc) is 2.78. The molecule has 1 unspecified atom stereocenters. The highest BCUT2D eigenvalue weighted by Gasteiger charge is 2.13. The molecule has 2 aromatic rings. The lowest BCUT2D eigenvalue weighted by molar-refractivity contribution is 0.362. The highest BCUT2D eigenvalue weighted by atomic mass is 32.2. The molecule has 0 spiro atoms. The van der Waals surface area contributed by atoms with Gasteiger partial charge in [0.25, 0.3) is 0 Å². The molecule has 96 valence electrons. The molecule has 0 saturated heterocycles. The molecular formula is C12H13FN2O2S. The van der Waals surface area contributed by atoms with Crippen molar-refractivity contribution in [2.75, 3.05) is 0 Å². The van der Waals surface area contributed by atoms with Crippen LogP contribution >= 0.6 is 0 Å². The van der Waals surface area contributed by atoms with Gasteiger partial charge in [-0.3, -0.25) is 4.21 Å². The van der Waals surface area contributed by atoms with Gasteiger partial charge in [0.05, 0.1) is 16.6 Å². The molecule has 6 heteroatoms. The molecule has 1 heterocycles. The van der Waals surface area contributed by atoms with E-state index < -0.39 is 10.8 Å². The average molecular weight is 268 g/mol. The van der Waals surface area contributed by atoms with Gasteiger partial charge in [0.15, 0.2) is 5.82 Å². The van der Waals surface area contributed by atoms with Crippen LogP contribution in [0.4, 0.5) is 4.39 Å². The second-order valence-electron chi connectivity index (χ2n) is 4.15. The molecule has 0 saturated carbocycles. The van der Waals surface area contributed by atoms with Crippen LogP contribution in [0.1, 0.15) is 31.5 Å². The molecule has 0 radical (unpaired) electrons. The van der Waals surface area contributed by atoms with Gasteiger partial charge in [-0.1, -0.05) is 19.0 Å². The summed E-state index contributed by atoms with van der Waals surface area (Å²) in [7, 11) is -1.29. The Morgan fingerprint density at radius 2 is 2.00 bits per heavy atom. The fourth-order valence-corrected chi connectivity index (χ4v) is 2.31. The highest BCUT2D eigenvalue weighted by molar-refractivity contribution is 7.84. The van der Waals surface area contributed by atoms with Crippen molar-refractivity contribution in [1.82, 2.24) is 10.1 Å². The number of benzene rings is 1. The van der Waals surface area contributed by atoms with Crippen LogP contribution in [-0.4, -0.2) is 14.3 Å². The second kappa shape index (κ2) is 5.39. The SMILES string of the molecule is CC(C)c1nc(CS(=O)c2ccc(F)cc2)no1. The lowest BCUT2D eigenvalue weighted by atomic mass is 10.2. The zero-order valence-corrected chi connectivity index (χ0v) is 10.9. The Morgan fingerprint density at radius 1 is 1.33 bits per heavy atom. The number of hydrogen-bond acceptors (Lipinski definition) is 4. The van der Waals surface area contributed by atoms with Crippen molar-refractivity contribution in [2.24, 2.45) is 0 Å². The summed E-state index contributed by atoms with van der Waals surface area (Å²) in [6.07, 6.45) is 0. The summed E-state index contributed by atoms with van der Waals surface area (Å²) >= 11 is 0. The maximum Gasteiger partial charge on any atom is 0.229 e. The van der Waals surface area contributed by atoms with Crippen LogP contribution in [-0.2, 0) is 16.6 Å². The van der Waals surface area contributed by atoms with Gasteiger partial charge in [-0.15, -0.1) is 0 Å². The molecule has 4 nitrogen and oxygen atoms in total. The summed E-state index contributed by atoms with van der Waals surface area (Å²) in [5.41, 5.74) is 0. The molecule has 2 rings (SSSR count). The number of halogens is 1. The van der Waals surface area contributed by atoms with E-state index in [1.807, 2.05) is 13.8 Å². The molecule has 0 amide bonds. The van der Waals surface area contributed by atoms with Gasteiger partial charge in [-0.25, -0.2) is 4.39 Å². The number of nitrogens with zero attached hydrogens (tertiary/aromatic N) is 2. The Balaban J connectivity index is 2.08. The van der Waals surface area contributed by atoms with Gasteiger partial charge >= 0.3 is 0 Å². The van der Waals surface area contributed by atoms with Gasteiger partial charge in [-0.05, 0) is 24.3 Å². The van der Waals surface area contributed by atoms with Crippen molar-refractivity contribution >= 4 is 10.8 Å². The molecule has 1 atom stereocenters. The van der Waals surface area contributed by atoms with E-state index in [1.54, 1.807) is 0 Å². The lowest BCUT2D eigenvalue weighted by Gasteiger charge is -1.98. The molecule has 0 aliphatic rings.